The number of carboxylic acids is 1. The maximum atomic E-state index is 11.3. The van der Waals surface area contributed by atoms with Gasteiger partial charge in [0.2, 0.25) is 0 Å². The van der Waals surface area contributed by atoms with E-state index in [1.54, 1.807) is 6.07 Å². The van der Waals surface area contributed by atoms with E-state index >= 15 is 0 Å². The second-order valence-electron chi connectivity index (χ2n) is 3.69. The van der Waals surface area contributed by atoms with E-state index in [0.29, 0.717) is 10.9 Å². The van der Waals surface area contributed by atoms with Gasteiger partial charge in [0.1, 0.15) is 5.78 Å². The molecule has 0 atom stereocenters. The van der Waals surface area contributed by atoms with E-state index in [2.05, 4.69) is 15.9 Å². The van der Waals surface area contributed by atoms with Crippen molar-refractivity contribution >= 4 is 27.7 Å². The standard InChI is InChI=1S/C12H13BrO3/c1-8-2-3-9(6-12(15)16)10(4-8)5-11(14)7-13/h2-4H,5-7H2,1H3,(H,15,16). The number of aryl methyl sites for hydroxylation is 1. The Kier molecular flexibility index (Phi) is 4.68. The molecule has 0 radical (unpaired) electrons. The number of carboxylic acid groups (broad SMARTS) is 1. The third-order valence-electron chi connectivity index (χ3n) is 2.24. The fraction of sp³-hybridized carbons (Fsp3) is 0.333. The van der Waals surface area contributed by atoms with E-state index in [9.17, 15) is 9.59 Å². The van der Waals surface area contributed by atoms with Crippen molar-refractivity contribution < 1.29 is 14.7 Å². The first-order valence-corrected chi connectivity index (χ1v) is 6.03. The topological polar surface area (TPSA) is 54.4 Å². The molecule has 1 rings (SSSR count). The number of rotatable bonds is 5. The van der Waals surface area contributed by atoms with Gasteiger partial charge >= 0.3 is 5.97 Å². The number of aliphatic carboxylic acids is 1. The van der Waals surface area contributed by atoms with E-state index in [4.69, 9.17) is 5.11 Å². The average Bonchev–Trinajstić information content (AvgIpc) is 2.21. The molecule has 0 aromatic heterocycles. The molecular weight excluding hydrogens is 272 g/mol. The normalized spacial score (nSPS) is 10.1. The van der Waals surface area contributed by atoms with Crippen LogP contribution in [-0.4, -0.2) is 22.2 Å². The number of benzene rings is 1. The van der Waals surface area contributed by atoms with Gasteiger partial charge in [-0.2, -0.15) is 0 Å². The van der Waals surface area contributed by atoms with Crippen LogP contribution in [0.4, 0.5) is 0 Å². The lowest BCUT2D eigenvalue weighted by molar-refractivity contribution is -0.136. The van der Waals surface area contributed by atoms with Crippen LogP contribution in [0.3, 0.4) is 0 Å². The summed E-state index contributed by atoms with van der Waals surface area (Å²) in [5.41, 5.74) is 2.56. The van der Waals surface area contributed by atoms with Gasteiger partial charge in [-0.1, -0.05) is 39.7 Å². The number of Topliss-reactive ketones (excluding diaryl/α,β-unsaturated/α-hetero) is 1. The molecule has 4 heteroatoms. The minimum Gasteiger partial charge on any atom is -0.481 e. The van der Waals surface area contributed by atoms with Crippen LogP contribution in [0.25, 0.3) is 0 Å². The maximum absolute atomic E-state index is 11.3. The first kappa shape index (κ1) is 12.9. The molecule has 0 saturated heterocycles. The van der Waals surface area contributed by atoms with Crippen molar-refractivity contribution in [2.45, 2.75) is 19.8 Å². The lowest BCUT2D eigenvalue weighted by Crippen LogP contribution is -2.09. The molecule has 86 valence electrons. The average molecular weight is 285 g/mol. The highest BCUT2D eigenvalue weighted by Gasteiger charge is 2.10. The van der Waals surface area contributed by atoms with Crippen molar-refractivity contribution in [3.63, 3.8) is 0 Å². The number of hydrogen-bond acceptors (Lipinski definition) is 2. The summed E-state index contributed by atoms with van der Waals surface area (Å²) >= 11 is 3.10. The van der Waals surface area contributed by atoms with Gasteiger partial charge in [0.05, 0.1) is 11.8 Å². The van der Waals surface area contributed by atoms with Gasteiger partial charge in [-0.15, -0.1) is 0 Å². The monoisotopic (exact) mass is 284 g/mol. The summed E-state index contributed by atoms with van der Waals surface area (Å²) < 4.78 is 0. The molecule has 1 aromatic carbocycles. The SMILES string of the molecule is Cc1ccc(CC(=O)O)c(CC(=O)CBr)c1. The minimum absolute atomic E-state index is 0.0365. The van der Waals surface area contributed by atoms with Gasteiger partial charge in [-0.3, -0.25) is 9.59 Å². The molecule has 0 aliphatic carbocycles. The maximum Gasteiger partial charge on any atom is 0.307 e. The Balaban J connectivity index is 2.98. The van der Waals surface area contributed by atoms with Crippen molar-refractivity contribution in [1.29, 1.82) is 0 Å². The quantitative estimate of drug-likeness (QED) is 0.843. The molecule has 0 bridgehead atoms. The Morgan fingerprint density at radius 1 is 1.25 bits per heavy atom. The molecule has 16 heavy (non-hydrogen) atoms. The third-order valence-corrected chi connectivity index (χ3v) is 2.87. The lowest BCUT2D eigenvalue weighted by atomic mass is 9.98. The first-order valence-electron chi connectivity index (χ1n) is 4.90. The van der Waals surface area contributed by atoms with Gasteiger partial charge in [-0.05, 0) is 18.1 Å². The van der Waals surface area contributed by atoms with Crippen LogP contribution in [0.5, 0.6) is 0 Å². The van der Waals surface area contributed by atoms with Crippen molar-refractivity contribution in [2.75, 3.05) is 5.33 Å². The van der Waals surface area contributed by atoms with Crippen molar-refractivity contribution in [2.24, 2.45) is 0 Å². The number of alkyl halides is 1. The summed E-state index contributed by atoms with van der Waals surface area (Å²) in [4.78, 5) is 22.0. The lowest BCUT2D eigenvalue weighted by Gasteiger charge is -2.07. The molecule has 0 fully saturated rings. The molecule has 0 saturated carbocycles. The van der Waals surface area contributed by atoms with Crippen LogP contribution in [0.2, 0.25) is 0 Å². The minimum atomic E-state index is -0.878. The van der Waals surface area contributed by atoms with Crippen molar-refractivity contribution in [1.82, 2.24) is 0 Å². The smallest absolute Gasteiger partial charge is 0.307 e. The zero-order valence-electron chi connectivity index (χ0n) is 9.00. The summed E-state index contributed by atoms with van der Waals surface area (Å²) in [6.45, 7) is 1.92. The van der Waals surface area contributed by atoms with Crippen molar-refractivity contribution in [3.05, 3.63) is 34.9 Å². The molecular formula is C12H13BrO3. The largest absolute Gasteiger partial charge is 0.481 e. The van der Waals surface area contributed by atoms with Gasteiger partial charge in [0, 0.05) is 6.42 Å². The molecule has 0 unspecified atom stereocenters. The summed E-state index contributed by atoms with van der Waals surface area (Å²) in [7, 11) is 0. The zero-order valence-corrected chi connectivity index (χ0v) is 10.6. The Labute approximate surface area is 103 Å². The Hall–Kier alpha value is -1.16. The molecule has 0 aliphatic rings. The predicted octanol–water partition coefficient (Wildman–Crippen LogP) is 2.13. The fourth-order valence-electron chi connectivity index (χ4n) is 1.51. The third kappa shape index (κ3) is 3.77. The van der Waals surface area contributed by atoms with E-state index in [-0.39, 0.29) is 18.6 Å². The van der Waals surface area contributed by atoms with Gasteiger partial charge in [0.15, 0.2) is 0 Å². The Morgan fingerprint density at radius 3 is 2.50 bits per heavy atom. The highest BCUT2D eigenvalue weighted by atomic mass is 79.9. The summed E-state index contributed by atoms with van der Waals surface area (Å²) in [6.07, 6.45) is 0.251. The summed E-state index contributed by atoms with van der Waals surface area (Å²) in [5, 5.41) is 9.06. The number of carbonyl (C=O) groups excluding carboxylic acids is 1. The number of hydrogen-bond donors (Lipinski definition) is 1. The van der Waals surface area contributed by atoms with Gasteiger partial charge in [0.25, 0.3) is 0 Å². The van der Waals surface area contributed by atoms with Gasteiger partial charge in [-0.25, -0.2) is 0 Å². The van der Waals surface area contributed by atoms with E-state index < -0.39 is 5.97 Å². The van der Waals surface area contributed by atoms with Crippen LogP contribution in [-0.2, 0) is 22.4 Å². The van der Waals surface area contributed by atoms with Crippen LogP contribution >= 0.6 is 15.9 Å². The van der Waals surface area contributed by atoms with Crippen LogP contribution < -0.4 is 0 Å². The number of halogens is 1. The van der Waals surface area contributed by atoms with Crippen LogP contribution in [0.1, 0.15) is 16.7 Å². The van der Waals surface area contributed by atoms with E-state index in [1.807, 2.05) is 19.1 Å². The Bertz CT molecular complexity index is 413. The number of carbonyl (C=O) groups is 2. The van der Waals surface area contributed by atoms with Gasteiger partial charge < -0.3 is 5.11 Å². The zero-order chi connectivity index (χ0) is 12.1. The first-order chi connectivity index (χ1) is 7.52. The Morgan fingerprint density at radius 2 is 1.94 bits per heavy atom. The van der Waals surface area contributed by atoms with Crippen LogP contribution in [0.15, 0.2) is 18.2 Å². The predicted molar refractivity (Wildman–Crippen MR) is 65.0 cm³/mol. The highest BCUT2D eigenvalue weighted by molar-refractivity contribution is 9.09. The molecule has 0 aliphatic heterocycles. The van der Waals surface area contributed by atoms with Crippen molar-refractivity contribution in [3.8, 4) is 0 Å². The molecule has 1 aromatic rings. The summed E-state index contributed by atoms with van der Waals surface area (Å²) in [5.74, 6) is -0.825. The molecule has 1 N–H and O–H groups in total. The molecule has 0 amide bonds. The second kappa shape index (κ2) is 5.80. The van der Waals surface area contributed by atoms with E-state index in [1.165, 1.54) is 0 Å². The fourth-order valence-corrected chi connectivity index (χ4v) is 1.71. The molecule has 0 spiro atoms. The second-order valence-corrected chi connectivity index (χ2v) is 4.25. The summed E-state index contributed by atoms with van der Waals surface area (Å²) in [6, 6.07) is 5.51. The molecule has 3 nitrogen and oxygen atoms in total. The van der Waals surface area contributed by atoms with Crippen LogP contribution in [0, 0.1) is 6.92 Å². The molecule has 0 heterocycles. The number of ketones is 1. The highest BCUT2D eigenvalue weighted by Crippen LogP contribution is 2.14. The van der Waals surface area contributed by atoms with E-state index in [0.717, 1.165) is 11.1 Å².